The number of rotatable bonds is 4. The van der Waals surface area contributed by atoms with Gasteiger partial charge in [0.2, 0.25) is 0 Å². The minimum atomic E-state index is 0.759. The first-order valence-electron chi connectivity index (χ1n) is 5.46. The highest BCUT2D eigenvalue weighted by atomic mass is 15.3. The van der Waals surface area contributed by atoms with Crippen molar-refractivity contribution in [3.8, 4) is 0 Å². The normalized spacial score (nSPS) is 10.7. The van der Waals surface area contributed by atoms with Crippen LogP contribution in [-0.4, -0.2) is 26.1 Å². The molecular weight excluding hydrogens is 202 g/mol. The van der Waals surface area contributed by atoms with E-state index in [0.29, 0.717) is 0 Å². The van der Waals surface area contributed by atoms with Gasteiger partial charge in [-0.2, -0.15) is 10.2 Å². The van der Waals surface area contributed by atoms with Gasteiger partial charge in [-0.05, 0) is 19.9 Å². The maximum Gasteiger partial charge on any atom is 0.129 e. The van der Waals surface area contributed by atoms with Gasteiger partial charge in [-0.1, -0.05) is 0 Å². The molecule has 2 aromatic rings. The second-order valence-electron chi connectivity index (χ2n) is 3.77. The Morgan fingerprint density at radius 1 is 1.44 bits per heavy atom. The van der Waals surface area contributed by atoms with Gasteiger partial charge in [-0.15, -0.1) is 0 Å². The minimum Gasteiger partial charge on any atom is -0.370 e. The molecule has 0 saturated heterocycles. The van der Waals surface area contributed by atoms with E-state index in [1.807, 2.05) is 35.6 Å². The lowest BCUT2D eigenvalue weighted by molar-refractivity contribution is 0.684. The third-order valence-electron chi connectivity index (χ3n) is 2.57. The van der Waals surface area contributed by atoms with E-state index in [2.05, 4.69) is 22.4 Å². The lowest BCUT2D eigenvalue weighted by atomic mass is 10.2. The first-order valence-corrected chi connectivity index (χ1v) is 5.46. The van der Waals surface area contributed by atoms with Crippen LogP contribution in [0.4, 0.5) is 5.82 Å². The van der Waals surface area contributed by atoms with Gasteiger partial charge in [-0.25, -0.2) is 0 Å². The highest BCUT2D eigenvalue weighted by Gasteiger charge is 2.12. The van der Waals surface area contributed by atoms with E-state index < -0.39 is 0 Å². The summed E-state index contributed by atoms with van der Waals surface area (Å²) < 4.78 is 3.79. The SMILES string of the molecule is CCNc1c(Cn2cccn2)c(C)nn1C. The van der Waals surface area contributed by atoms with E-state index in [4.69, 9.17) is 0 Å². The van der Waals surface area contributed by atoms with Gasteiger partial charge in [0.05, 0.1) is 12.2 Å². The third-order valence-corrected chi connectivity index (χ3v) is 2.57. The van der Waals surface area contributed by atoms with Gasteiger partial charge in [0.15, 0.2) is 0 Å². The van der Waals surface area contributed by atoms with Crippen LogP contribution in [-0.2, 0) is 13.6 Å². The molecule has 0 fully saturated rings. The van der Waals surface area contributed by atoms with Crippen molar-refractivity contribution < 1.29 is 0 Å². The lowest BCUT2D eigenvalue weighted by Crippen LogP contribution is -2.08. The summed E-state index contributed by atoms with van der Waals surface area (Å²) in [6.07, 6.45) is 3.75. The molecular formula is C11H17N5. The second kappa shape index (κ2) is 4.38. The molecule has 0 radical (unpaired) electrons. The first-order chi connectivity index (χ1) is 7.72. The predicted octanol–water partition coefficient (Wildman–Crippen LogP) is 1.41. The van der Waals surface area contributed by atoms with Gasteiger partial charge in [0, 0.05) is 31.5 Å². The average molecular weight is 219 g/mol. The van der Waals surface area contributed by atoms with Gasteiger partial charge in [0.25, 0.3) is 0 Å². The van der Waals surface area contributed by atoms with Crippen molar-refractivity contribution in [2.24, 2.45) is 7.05 Å². The molecule has 0 saturated carbocycles. The molecule has 5 heteroatoms. The van der Waals surface area contributed by atoms with Crippen LogP contribution in [0.2, 0.25) is 0 Å². The second-order valence-corrected chi connectivity index (χ2v) is 3.77. The summed E-state index contributed by atoms with van der Waals surface area (Å²) in [6, 6.07) is 1.93. The maximum absolute atomic E-state index is 4.42. The van der Waals surface area contributed by atoms with E-state index in [9.17, 15) is 0 Å². The number of hydrogen-bond donors (Lipinski definition) is 1. The van der Waals surface area contributed by atoms with Crippen LogP contribution in [0.25, 0.3) is 0 Å². The van der Waals surface area contributed by atoms with Crippen molar-refractivity contribution in [2.45, 2.75) is 20.4 Å². The predicted molar refractivity (Wildman–Crippen MR) is 63.4 cm³/mol. The Hall–Kier alpha value is -1.78. The molecule has 1 N–H and O–H groups in total. The van der Waals surface area contributed by atoms with Crippen LogP contribution in [0, 0.1) is 6.92 Å². The molecule has 0 amide bonds. The fourth-order valence-electron chi connectivity index (χ4n) is 1.84. The summed E-state index contributed by atoms with van der Waals surface area (Å²) >= 11 is 0. The van der Waals surface area contributed by atoms with Crippen LogP contribution >= 0.6 is 0 Å². The average Bonchev–Trinajstić information content (AvgIpc) is 2.82. The van der Waals surface area contributed by atoms with Crippen LogP contribution in [0.15, 0.2) is 18.5 Å². The van der Waals surface area contributed by atoms with E-state index in [1.54, 1.807) is 6.20 Å². The van der Waals surface area contributed by atoms with Crippen LogP contribution < -0.4 is 5.32 Å². The smallest absolute Gasteiger partial charge is 0.129 e. The molecule has 0 unspecified atom stereocenters. The molecule has 0 aliphatic heterocycles. The van der Waals surface area contributed by atoms with Gasteiger partial charge >= 0.3 is 0 Å². The Labute approximate surface area is 95.1 Å². The summed E-state index contributed by atoms with van der Waals surface area (Å²) in [5.74, 6) is 1.08. The summed E-state index contributed by atoms with van der Waals surface area (Å²) in [4.78, 5) is 0. The number of anilines is 1. The van der Waals surface area contributed by atoms with Crippen molar-refractivity contribution in [1.29, 1.82) is 0 Å². The Bertz CT molecular complexity index is 455. The first kappa shape index (κ1) is 10.7. The number of hydrogen-bond acceptors (Lipinski definition) is 3. The van der Waals surface area contributed by atoms with E-state index >= 15 is 0 Å². The lowest BCUT2D eigenvalue weighted by Gasteiger charge is -2.07. The number of nitrogens with zero attached hydrogens (tertiary/aromatic N) is 4. The molecule has 0 atom stereocenters. The zero-order chi connectivity index (χ0) is 11.5. The Balaban J connectivity index is 2.31. The summed E-state index contributed by atoms with van der Waals surface area (Å²) in [5, 5.41) is 12.0. The van der Waals surface area contributed by atoms with E-state index in [-0.39, 0.29) is 0 Å². The van der Waals surface area contributed by atoms with Crippen molar-refractivity contribution in [1.82, 2.24) is 19.6 Å². The third kappa shape index (κ3) is 1.93. The zero-order valence-electron chi connectivity index (χ0n) is 9.94. The Kier molecular flexibility index (Phi) is 2.94. The summed E-state index contributed by atoms with van der Waals surface area (Å²) in [6.45, 7) is 5.76. The molecule has 0 spiro atoms. The molecule has 16 heavy (non-hydrogen) atoms. The molecule has 2 heterocycles. The summed E-state index contributed by atoms with van der Waals surface area (Å²) in [5.41, 5.74) is 2.25. The van der Waals surface area contributed by atoms with Crippen molar-refractivity contribution in [3.05, 3.63) is 29.7 Å². The summed E-state index contributed by atoms with van der Waals surface area (Å²) in [7, 11) is 1.96. The van der Waals surface area contributed by atoms with Crippen LogP contribution in [0.5, 0.6) is 0 Å². The number of aryl methyl sites for hydroxylation is 2. The van der Waals surface area contributed by atoms with Gasteiger partial charge < -0.3 is 5.32 Å². The molecule has 2 aromatic heterocycles. The molecule has 86 valence electrons. The van der Waals surface area contributed by atoms with Gasteiger partial charge in [-0.3, -0.25) is 9.36 Å². The van der Waals surface area contributed by atoms with Crippen LogP contribution in [0.3, 0.4) is 0 Å². The highest BCUT2D eigenvalue weighted by molar-refractivity contribution is 5.47. The van der Waals surface area contributed by atoms with Gasteiger partial charge in [0.1, 0.15) is 5.82 Å². The zero-order valence-corrected chi connectivity index (χ0v) is 9.94. The van der Waals surface area contributed by atoms with E-state index in [0.717, 1.165) is 24.6 Å². The van der Waals surface area contributed by atoms with Crippen molar-refractivity contribution >= 4 is 5.82 Å². The molecule has 0 aromatic carbocycles. The molecule has 5 nitrogen and oxygen atoms in total. The topological polar surface area (TPSA) is 47.7 Å². The molecule has 2 rings (SSSR count). The number of nitrogens with one attached hydrogen (secondary N) is 1. The number of aromatic nitrogens is 4. The monoisotopic (exact) mass is 219 g/mol. The molecule has 0 bridgehead atoms. The maximum atomic E-state index is 4.42. The highest BCUT2D eigenvalue weighted by Crippen LogP contribution is 2.19. The van der Waals surface area contributed by atoms with E-state index in [1.165, 1.54) is 5.56 Å². The standard InChI is InChI=1S/C11H17N5/c1-4-12-11-10(9(2)14-15(11)3)8-16-7-5-6-13-16/h5-7,12H,4,8H2,1-3H3. The Morgan fingerprint density at radius 3 is 2.88 bits per heavy atom. The Morgan fingerprint density at radius 2 is 2.25 bits per heavy atom. The van der Waals surface area contributed by atoms with Crippen LogP contribution in [0.1, 0.15) is 18.2 Å². The van der Waals surface area contributed by atoms with Crippen molar-refractivity contribution in [2.75, 3.05) is 11.9 Å². The minimum absolute atomic E-state index is 0.759. The fourth-order valence-corrected chi connectivity index (χ4v) is 1.84. The molecule has 0 aliphatic carbocycles. The largest absolute Gasteiger partial charge is 0.370 e. The fraction of sp³-hybridized carbons (Fsp3) is 0.455. The molecule has 0 aliphatic rings. The quantitative estimate of drug-likeness (QED) is 0.845. The van der Waals surface area contributed by atoms with Crippen molar-refractivity contribution in [3.63, 3.8) is 0 Å².